The standard InChI is InChI=1S/C23H26Br2O.C8H9N.C6H8N.C5H10.Mo/c1-14-17(18-8-4-2-6-15(18)12-21(14)24)10-11-20-19-9-5-3-7-16(19)13-22(25)23(20)26;1-6-4-3-5-7(2)8(6)9;1-5-3-4-6(2)7-5;1-5(2,3)4;/h12-13,26H,2-11H2,1H3;3-5H,1-2H3;3-4H,1-2H3;1H,2-4H3;/q;;-1;;. The van der Waals surface area contributed by atoms with Gasteiger partial charge in [-0.15, -0.1) is 0 Å². The number of rotatable bonds is 4. The molecule has 0 saturated carbocycles. The van der Waals surface area contributed by atoms with Crippen molar-refractivity contribution in [3.05, 3.63) is 113 Å². The van der Waals surface area contributed by atoms with Crippen LogP contribution in [0.4, 0.5) is 5.69 Å². The van der Waals surface area contributed by atoms with Crippen LogP contribution in [0.2, 0.25) is 0 Å². The van der Waals surface area contributed by atoms with Crippen molar-refractivity contribution in [2.45, 2.75) is 120 Å². The van der Waals surface area contributed by atoms with Gasteiger partial charge in [0, 0.05) is 4.47 Å². The molecule has 3 aromatic carbocycles. The van der Waals surface area contributed by atoms with E-state index in [1.807, 2.05) is 26.0 Å². The molecular formula is C42H53Br2MoN2O-. The molecule has 0 unspecified atom stereocenters. The van der Waals surface area contributed by atoms with Gasteiger partial charge in [0.05, 0.1) is 4.47 Å². The molecule has 1 heterocycles. The summed E-state index contributed by atoms with van der Waals surface area (Å²) in [6, 6.07) is 14.9. The van der Waals surface area contributed by atoms with Crippen molar-refractivity contribution in [1.29, 1.82) is 0 Å². The third-order valence-corrected chi connectivity index (χ3v) is 13.3. The number of aromatic hydroxyl groups is 1. The van der Waals surface area contributed by atoms with Gasteiger partial charge in [0.15, 0.2) is 0 Å². The van der Waals surface area contributed by atoms with E-state index >= 15 is 0 Å². The maximum absolute atomic E-state index is 10.7. The van der Waals surface area contributed by atoms with E-state index in [0.29, 0.717) is 11.2 Å². The van der Waals surface area contributed by atoms with Gasteiger partial charge in [-0.05, 0) is 138 Å². The number of nitrogens with zero attached hydrogens (tertiary/aromatic N) is 2. The summed E-state index contributed by atoms with van der Waals surface area (Å²) in [7, 11) is 0. The molecule has 0 saturated heterocycles. The van der Waals surface area contributed by atoms with E-state index < -0.39 is 0 Å². The minimum atomic E-state index is -0.355. The Balaban J connectivity index is 0.000000198. The zero-order valence-corrected chi connectivity index (χ0v) is 35.4. The second-order valence-electron chi connectivity index (χ2n) is 14.5. The molecule has 2 aliphatic carbocycles. The van der Waals surface area contributed by atoms with Crippen molar-refractivity contribution in [1.82, 2.24) is 4.98 Å². The number of fused-ring (bicyclic) bond motifs is 2. The summed E-state index contributed by atoms with van der Waals surface area (Å²) in [6.07, 6.45) is 11.7. The van der Waals surface area contributed by atoms with Gasteiger partial charge in [-0.2, -0.15) is 11.4 Å². The number of phenolic OH excluding ortho intramolecular Hbond substituents is 1. The Kier molecular flexibility index (Phi) is 14.4. The van der Waals surface area contributed by atoms with Crippen LogP contribution in [0.3, 0.4) is 0 Å². The van der Waals surface area contributed by atoms with E-state index in [1.165, 1.54) is 93.2 Å². The molecular weight excluding hydrogens is 804 g/mol. The van der Waals surface area contributed by atoms with Crippen LogP contribution in [0, 0.1) is 40.0 Å². The minimum absolute atomic E-state index is 0.308. The molecule has 48 heavy (non-hydrogen) atoms. The Morgan fingerprint density at radius 1 is 0.750 bits per heavy atom. The average molecular weight is 858 g/mol. The molecule has 6 rings (SSSR count). The topological polar surface area (TPSA) is 46.7 Å². The third-order valence-electron chi connectivity index (χ3n) is 9.21. The number of hydrogen-bond donors (Lipinski definition) is 1. The van der Waals surface area contributed by atoms with Crippen molar-refractivity contribution in [2.24, 2.45) is 8.91 Å². The number of hydrogen-bond acceptors (Lipinski definition) is 2. The number of halogens is 2. The Morgan fingerprint density at radius 2 is 1.25 bits per heavy atom. The first-order chi connectivity index (χ1) is 22.7. The summed E-state index contributed by atoms with van der Waals surface area (Å²) in [6.45, 7) is 17.2. The van der Waals surface area contributed by atoms with E-state index in [9.17, 15) is 5.11 Å². The van der Waals surface area contributed by atoms with Crippen molar-refractivity contribution < 1.29 is 23.0 Å². The first kappa shape index (κ1) is 38.9. The van der Waals surface area contributed by atoms with Crippen LogP contribution < -0.4 is 4.98 Å². The Hall–Kier alpha value is -1.94. The predicted molar refractivity (Wildman–Crippen MR) is 208 cm³/mol. The summed E-state index contributed by atoms with van der Waals surface area (Å²) in [5, 5.41) is 10.7. The van der Waals surface area contributed by atoms with Gasteiger partial charge in [0.2, 0.25) is 0 Å². The zero-order chi connectivity index (χ0) is 35.0. The van der Waals surface area contributed by atoms with Gasteiger partial charge in [0.1, 0.15) is 5.75 Å². The summed E-state index contributed by atoms with van der Waals surface area (Å²) >= 11 is 7.01. The molecule has 0 aliphatic heterocycles. The van der Waals surface area contributed by atoms with Gasteiger partial charge in [-0.25, -0.2) is 0 Å². The summed E-state index contributed by atoms with van der Waals surface area (Å²) in [5.74, 6) is 0.465. The van der Waals surface area contributed by atoms with Crippen LogP contribution >= 0.6 is 31.9 Å². The van der Waals surface area contributed by atoms with Gasteiger partial charge in [0.25, 0.3) is 0 Å². The fourth-order valence-electron chi connectivity index (χ4n) is 6.64. The van der Waals surface area contributed by atoms with E-state index in [4.69, 9.17) is 3.50 Å². The van der Waals surface area contributed by atoms with Crippen LogP contribution in [-0.2, 0) is 56.4 Å². The van der Waals surface area contributed by atoms with Crippen LogP contribution in [0.1, 0.15) is 108 Å². The molecule has 1 N–H and O–H groups in total. The summed E-state index contributed by atoms with van der Waals surface area (Å²) in [5.41, 5.74) is 16.4. The quantitative estimate of drug-likeness (QED) is 0.208. The van der Waals surface area contributed by atoms with Crippen molar-refractivity contribution >= 4 is 41.9 Å². The first-order valence-electron chi connectivity index (χ1n) is 17.4. The molecule has 2 aliphatic rings. The van der Waals surface area contributed by atoms with E-state index in [-0.39, 0.29) is 17.9 Å². The molecule has 6 heteroatoms. The predicted octanol–water partition coefficient (Wildman–Crippen LogP) is 12.1. The summed E-state index contributed by atoms with van der Waals surface area (Å²) in [4.78, 5) is 4.11. The SMILES string of the molecule is Cc1c(Br)cc2c(c1CCc1c(O)c(Br)cc3c1CCCC3)CCCC2.Cc1ccc(C)[n-]1.Cc1cccc(C)c1[N]=[Mo]=[CH]C(C)(C)C. The molecule has 0 radical (unpaired) electrons. The Labute approximate surface area is 314 Å². The van der Waals surface area contributed by atoms with Gasteiger partial charge < -0.3 is 10.1 Å². The number of phenols is 1. The second kappa shape index (κ2) is 17.8. The molecule has 0 fully saturated rings. The van der Waals surface area contributed by atoms with E-state index in [2.05, 4.69) is 113 Å². The van der Waals surface area contributed by atoms with Crippen LogP contribution in [0.25, 0.3) is 0 Å². The normalized spacial score (nSPS) is 13.6. The van der Waals surface area contributed by atoms with Crippen molar-refractivity contribution in [3.8, 4) is 5.75 Å². The molecule has 0 atom stereocenters. The third kappa shape index (κ3) is 10.8. The number of aryl methyl sites for hydroxylation is 6. The fraction of sp³-hybridized carbons (Fsp3) is 0.452. The Morgan fingerprint density at radius 3 is 1.77 bits per heavy atom. The van der Waals surface area contributed by atoms with Crippen LogP contribution in [0.15, 0.2) is 54.9 Å². The maximum atomic E-state index is 10.7. The average Bonchev–Trinajstić information content (AvgIpc) is 3.42. The van der Waals surface area contributed by atoms with Crippen LogP contribution in [0.5, 0.6) is 5.75 Å². The monoisotopic (exact) mass is 857 g/mol. The number of aromatic nitrogens is 1. The summed E-state index contributed by atoms with van der Waals surface area (Å²) < 4.78 is 9.25. The molecule has 3 nitrogen and oxygen atoms in total. The molecule has 258 valence electrons. The Bertz CT molecular complexity index is 1680. The van der Waals surface area contributed by atoms with Crippen molar-refractivity contribution in [3.63, 3.8) is 0 Å². The first-order valence-corrected chi connectivity index (χ1v) is 21.1. The number of benzene rings is 3. The zero-order valence-electron chi connectivity index (χ0n) is 30.2. The fourth-order valence-corrected chi connectivity index (χ4v) is 9.55. The van der Waals surface area contributed by atoms with Crippen LogP contribution in [-0.4, -0.2) is 9.51 Å². The second-order valence-corrected chi connectivity index (χ2v) is 17.7. The molecule has 4 aromatic rings. The molecule has 0 bridgehead atoms. The molecule has 1 aromatic heterocycles. The van der Waals surface area contributed by atoms with Gasteiger partial charge >= 0.3 is 101 Å². The molecule has 0 amide bonds. The van der Waals surface area contributed by atoms with Gasteiger partial charge in [-0.3, -0.25) is 0 Å². The van der Waals surface area contributed by atoms with Crippen molar-refractivity contribution in [2.75, 3.05) is 0 Å². The van der Waals surface area contributed by atoms with Gasteiger partial charge in [-0.1, -0.05) is 41.9 Å². The van der Waals surface area contributed by atoms with E-state index in [1.54, 1.807) is 5.56 Å². The molecule has 0 spiro atoms. The van der Waals surface area contributed by atoms with E-state index in [0.717, 1.165) is 41.5 Å².